The summed E-state index contributed by atoms with van der Waals surface area (Å²) in [7, 11) is 1.84. The summed E-state index contributed by atoms with van der Waals surface area (Å²) in [5.74, 6) is 0. The van der Waals surface area contributed by atoms with Gasteiger partial charge in [0.2, 0.25) is 0 Å². The summed E-state index contributed by atoms with van der Waals surface area (Å²) in [5, 5.41) is 0. The highest BCUT2D eigenvalue weighted by Crippen LogP contribution is 2.49. The first-order valence-electron chi connectivity index (χ1n) is 5.68. The van der Waals surface area contributed by atoms with Crippen molar-refractivity contribution in [2.24, 2.45) is 10.8 Å². The molecule has 1 heterocycles. The highest BCUT2D eigenvalue weighted by Gasteiger charge is 2.52. The van der Waals surface area contributed by atoms with Crippen molar-refractivity contribution in [2.45, 2.75) is 39.7 Å². The fraction of sp³-hybridized carbons (Fsp3) is 1.00. The molecule has 0 atom stereocenters. The molecule has 0 radical (unpaired) electrons. The van der Waals surface area contributed by atoms with Gasteiger partial charge >= 0.3 is 0 Å². The van der Waals surface area contributed by atoms with Crippen LogP contribution in [0.4, 0.5) is 0 Å². The Kier molecular flexibility index (Phi) is 2.39. The molecule has 1 spiro atoms. The zero-order chi connectivity index (χ0) is 10.4. The molecule has 0 N–H and O–H groups in total. The van der Waals surface area contributed by atoms with Crippen molar-refractivity contribution >= 4 is 0 Å². The maximum atomic E-state index is 5.33. The van der Waals surface area contributed by atoms with Crippen molar-refractivity contribution in [2.75, 3.05) is 26.7 Å². The summed E-state index contributed by atoms with van der Waals surface area (Å²) < 4.78 is 5.33. The van der Waals surface area contributed by atoms with Crippen LogP contribution in [-0.2, 0) is 4.74 Å². The third-order valence-electron chi connectivity index (χ3n) is 3.47. The van der Waals surface area contributed by atoms with Crippen LogP contribution in [0.1, 0.15) is 33.6 Å². The molecule has 0 bridgehead atoms. The largest absolute Gasteiger partial charge is 0.381 e. The molecule has 1 aliphatic heterocycles. The number of nitrogens with zero attached hydrogens (tertiary/aromatic N) is 1. The lowest BCUT2D eigenvalue weighted by molar-refractivity contribution is -0.145. The molecular formula is C12H23NO. The number of hydrogen-bond donors (Lipinski definition) is 0. The van der Waals surface area contributed by atoms with Gasteiger partial charge in [0.25, 0.3) is 0 Å². The molecule has 2 heteroatoms. The Morgan fingerprint density at radius 1 is 1.29 bits per heavy atom. The Hall–Kier alpha value is -0.0800. The second-order valence-electron chi connectivity index (χ2n) is 6.47. The van der Waals surface area contributed by atoms with E-state index in [-0.39, 0.29) is 0 Å². The van der Waals surface area contributed by atoms with Crippen molar-refractivity contribution < 1.29 is 4.74 Å². The molecule has 0 aromatic carbocycles. The number of ether oxygens (including phenoxy) is 1. The summed E-state index contributed by atoms with van der Waals surface area (Å²) in [5.41, 5.74) is 1.11. The molecule has 2 rings (SSSR count). The normalized spacial score (nSPS) is 27.4. The summed E-state index contributed by atoms with van der Waals surface area (Å²) >= 11 is 0. The van der Waals surface area contributed by atoms with E-state index in [0.29, 0.717) is 16.9 Å². The van der Waals surface area contributed by atoms with Gasteiger partial charge < -0.3 is 9.64 Å². The number of rotatable bonds is 2. The van der Waals surface area contributed by atoms with Crippen LogP contribution < -0.4 is 0 Å². The maximum absolute atomic E-state index is 5.33. The first kappa shape index (κ1) is 10.4. The molecule has 82 valence electrons. The van der Waals surface area contributed by atoms with Crippen LogP contribution in [0.2, 0.25) is 0 Å². The van der Waals surface area contributed by atoms with Crippen molar-refractivity contribution in [1.29, 1.82) is 0 Å². The highest BCUT2D eigenvalue weighted by molar-refractivity contribution is 5.05. The average molecular weight is 197 g/mol. The van der Waals surface area contributed by atoms with Gasteiger partial charge in [-0.15, -0.1) is 0 Å². The third kappa shape index (κ3) is 1.96. The second-order valence-corrected chi connectivity index (χ2v) is 6.47. The highest BCUT2D eigenvalue weighted by atomic mass is 16.5. The van der Waals surface area contributed by atoms with E-state index in [2.05, 4.69) is 25.7 Å². The number of methoxy groups -OCH3 is 1. The van der Waals surface area contributed by atoms with Crippen LogP contribution in [0, 0.1) is 10.8 Å². The molecular weight excluding hydrogens is 174 g/mol. The Labute approximate surface area is 87.6 Å². The molecule has 2 nitrogen and oxygen atoms in total. The Balaban J connectivity index is 1.71. The molecule has 0 aromatic heterocycles. The Morgan fingerprint density at radius 2 is 1.86 bits per heavy atom. The van der Waals surface area contributed by atoms with Crippen LogP contribution in [-0.4, -0.2) is 37.7 Å². The third-order valence-corrected chi connectivity index (χ3v) is 3.47. The second kappa shape index (κ2) is 3.21. The minimum absolute atomic E-state index is 0.450. The molecule has 1 aliphatic carbocycles. The van der Waals surface area contributed by atoms with E-state index in [1.807, 2.05) is 7.11 Å². The SMILES string of the molecule is COC1CC2(C1)CN(CC(C)(C)C)C2. The molecule has 14 heavy (non-hydrogen) atoms. The molecule has 0 amide bonds. The lowest BCUT2D eigenvalue weighted by Crippen LogP contribution is -2.64. The Bertz CT molecular complexity index is 205. The van der Waals surface area contributed by atoms with Gasteiger partial charge in [0.15, 0.2) is 0 Å². The van der Waals surface area contributed by atoms with Crippen LogP contribution in [0.5, 0.6) is 0 Å². The number of likely N-dealkylation sites (tertiary alicyclic amines) is 1. The van der Waals surface area contributed by atoms with Crippen molar-refractivity contribution in [1.82, 2.24) is 4.90 Å². The fourth-order valence-corrected chi connectivity index (χ4v) is 3.02. The van der Waals surface area contributed by atoms with Gasteiger partial charge in [0.05, 0.1) is 6.10 Å². The van der Waals surface area contributed by atoms with E-state index in [1.54, 1.807) is 0 Å². The first-order valence-corrected chi connectivity index (χ1v) is 5.68. The number of hydrogen-bond acceptors (Lipinski definition) is 2. The lowest BCUT2D eigenvalue weighted by atomic mass is 9.61. The lowest BCUT2D eigenvalue weighted by Gasteiger charge is -2.59. The predicted octanol–water partition coefficient (Wildman–Crippen LogP) is 2.14. The average Bonchev–Trinajstić information content (AvgIpc) is 1.88. The summed E-state index contributed by atoms with van der Waals surface area (Å²) in [6.07, 6.45) is 3.15. The van der Waals surface area contributed by atoms with Crippen LogP contribution in [0.15, 0.2) is 0 Å². The zero-order valence-electron chi connectivity index (χ0n) is 9.97. The Morgan fingerprint density at radius 3 is 2.29 bits per heavy atom. The monoisotopic (exact) mass is 197 g/mol. The van der Waals surface area contributed by atoms with Gasteiger partial charge in [-0.25, -0.2) is 0 Å². The van der Waals surface area contributed by atoms with E-state index in [9.17, 15) is 0 Å². The zero-order valence-corrected chi connectivity index (χ0v) is 9.97. The fourth-order valence-electron chi connectivity index (χ4n) is 3.02. The quantitative estimate of drug-likeness (QED) is 0.672. The van der Waals surface area contributed by atoms with Gasteiger partial charge in [-0.3, -0.25) is 0 Å². The topological polar surface area (TPSA) is 12.5 Å². The van der Waals surface area contributed by atoms with Crippen molar-refractivity contribution in [3.8, 4) is 0 Å². The van der Waals surface area contributed by atoms with E-state index in [4.69, 9.17) is 4.74 Å². The molecule has 0 unspecified atom stereocenters. The molecule has 0 aromatic rings. The minimum atomic E-state index is 0.450. The van der Waals surface area contributed by atoms with Crippen LogP contribution >= 0.6 is 0 Å². The van der Waals surface area contributed by atoms with Gasteiger partial charge in [-0.2, -0.15) is 0 Å². The van der Waals surface area contributed by atoms with Crippen molar-refractivity contribution in [3.05, 3.63) is 0 Å². The van der Waals surface area contributed by atoms with Gasteiger partial charge in [0, 0.05) is 32.2 Å². The van der Waals surface area contributed by atoms with Crippen molar-refractivity contribution in [3.63, 3.8) is 0 Å². The maximum Gasteiger partial charge on any atom is 0.0583 e. The van der Waals surface area contributed by atoms with Crippen LogP contribution in [0.3, 0.4) is 0 Å². The van der Waals surface area contributed by atoms with Gasteiger partial charge in [-0.1, -0.05) is 20.8 Å². The summed E-state index contributed by atoms with van der Waals surface area (Å²) in [6, 6.07) is 0. The van der Waals surface area contributed by atoms with E-state index in [0.717, 1.165) is 0 Å². The minimum Gasteiger partial charge on any atom is -0.381 e. The molecule has 1 saturated heterocycles. The molecule has 2 aliphatic rings. The van der Waals surface area contributed by atoms with Gasteiger partial charge in [0.1, 0.15) is 0 Å². The standard InChI is InChI=1S/C12H23NO/c1-11(2,3)7-13-8-12(9-13)5-10(6-12)14-4/h10H,5-9H2,1-4H3. The predicted molar refractivity (Wildman–Crippen MR) is 58.4 cm³/mol. The first-order chi connectivity index (χ1) is 6.42. The van der Waals surface area contributed by atoms with Crippen LogP contribution in [0.25, 0.3) is 0 Å². The van der Waals surface area contributed by atoms with Gasteiger partial charge in [-0.05, 0) is 18.3 Å². The summed E-state index contributed by atoms with van der Waals surface area (Å²) in [4.78, 5) is 2.59. The molecule has 2 fully saturated rings. The molecule has 1 saturated carbocycles. The smallest absolute Gasteiger partial charge is 0.0583 e. The van der Waals surface area contributed by atoms with E-state index in [1.165, 1.54) is 32.5 Å². The van der Waals surface area contributed by atoms with E-state index >= 15 is 0 Å². The van der Waals surface area contributed by atoms with E-state index < -0.39 is 0 Å². The summed E-state index contributed by atoms with van der Waals surface area (Å²) in [6.45, 7) is 10.8.